The van der Waals surface area contributed by atoms with Gasteiger partial charge in [0.15, 0.2) is 5.82 Å². The van der Waals surface area contributed by atoms with E-state index in [1.54, 1.807) is 18.3 Å². The lowest BCUT2D eigenvalue weighted by atomic mass is 10.2. The quantitative estimate of drug-likeness (QED) is 0.780. The number of nitrogens with zero attached hydrogens (tertiary/aromatic N) is 5. The van der Waals surface area contributed by atoms with Crippen LogP contribution < -0.4 is 4.90 Å². The molecule has 2 aliphatic rings. The Morgan fingerprint density at radius 2 is 1.96 bits per heavy atom. The fourth-order valence-corrected chi connectivity index (χ4v) is 3.53. The highest BCUT2D eigenvalue weighted by molar-refractivity contribution is 6.32. The summed E-state index contributed by atoms with van der Waals surface area (Å²) in [5.41, 5.74) is 2.92. The monoisotopic (exact) mass is 343 g/mol. The van der Waals surface area contributed by atoms with E-state index in [2.05, 4.69) is 26.1 Å². The van der Waals surface area contributed by atoms with Crippen molar-refractivity contribution in [2.75, 3.05) is 31.1 Å². The number of aromatic nitrogens is 3. The molecular weight excluding hydrogens is 326 g/mol. The summed E-state index contributed by atoms with van der Waals surface area (Å²) in [7, 11) is 0. The molecule has 0 spiro atoms. The number of carbonyl (C=O) groups is 1. The Hall–Kier alpha value is -2.21. The van der Waals surface area contributed by atoms with Crippen molar-refractivity contribution in [3.63, 3.8) is 0 Å². The van der Waals surface area contributed by atoms with E-state index in [1.165, 1.54) is 12.0 Å². The second-order valence-corrected chi connectivity index (χ2v) is 6.51. The number of piperazine rings is 1. The summed E-state index contributed by atoms with van der Waals surface area (Å²) in [6.45, 7) is 2.78. The fourth-order valence-electron chi connectivity index (χ4n) is 3.33. The van der Waals surface area contributed by atoms with Gasteiger partial charge in [-0.05, 0) is 43.0 Å². The number of hydrogen-bond acceptors (Lipinski definition) is 5. The van der Waals surface area contributed by atoms with Gasteiger partial charge in [0.25, 0.3) is 5.91 Å². The third kappa shape index (κ3) is 2.82. The van der Waals surface area contributed by atoms with Crippen molar-refractivity contribution in [1.29, 1.82) is 0 Å². The summed E-state index contributed by atoms with van der Waals surface area (Å²) in [6, 6.07) is 5.61. The molecule has 1 aliphatic carbocycles. The topological polar surface area (TPSA) is 62.2 Å². The first-order valence-corrected chi connectivity index (χ1v) is 8.60. The zero-order chi connectivity index (χ0) is 16.5. The second-order valence-electron chi connectivity index (χ2n) is 6.15. The molecule has 1 fully saturated rings. The van der Waals surface area contributed by atoms with Gasteiger partial charge in [0.05, 0.1) is 11.3 Å². The molecule has 1 saturated heterocycles. The van der Waals surface area contributed by atoms with Crippen LogP contribution in [0.15, 0.2) is 24.4 Å². The molecule has 7 heteroatoms. The average Bonchev–Trinajstić information content (AvgIpc) is 3.09. The van der Waals surface area contributed by atoms with E-state index in [4.69, 9.17) is 11.6 Å². The second kappa shape index (κ2) is 6.36. The summed E-state index contributed by atoms with van der Waals surface area (Å²) in [4.78, 5) is 20.6. The van der Waals surface area contributed by atoms with E-state index >= 15 is 0 Å². The highest BCUT2D eigenvalue weighted by atomic mass is 35.5. The highest BCUT2D eigenvalue weighted by Crippen LogP contribution is 2.24. The van der Waals surface area contributed by atoms with Gasteiger partial charge in [-0.15, -0.1) is 5.10 Å². The Morgan fingerprint density at radius 1 is 1.12 bits per heavy atom. The van der Waals surface area contributed by atoms with Gasteiger partial charge in [-0.3, -0.25) is 4.79 Å². The van der Waals surface area contributed by atoms with E-state index in [0.717, 1.165) is 37.4 Å². The third-order valence-electron chi connectivity index (χ3n) is 4.69. The van der Waals surface area contributed by atoms with E-state index in [9.17, 15) is 4.79 Å². The largest absolute Gasteiger partial charge is 0.352 e. The molecular formula is C17H18ClN5O. The molecule has 6 nitrogen and oxygen atoms in total. The Bertz CT molecular complexity index is 773. The number of rotatable bonds is 2. The maximum absolute atomic E-state index is 12.6. The lowest BCUT2D eigenvalue weighted by Crippen LogP contribution is -2.49. The van der Waals surface area contributed by atoms with Crippen LogP contribution in [0, 0.1) is 0 Å². The van der Waals surface area contributed by atoms with Crippen molar-refractivity contribution in [2.24, 2.45) is 0 Å². The normalized spacial score (nSPS) is 17.0. The van der Waals surface area contributed by atoms with E-state index < -0.39 is 0 Å². The van der Waals surface area contributed by atoms with Crippen molar-refractivity contribution in [1.82, 2.24) is 20.1 Å². The van der Waals surface area contributed by atoms with Gasteiger partial charge in [-0.25, -0.2) is 4.98 Å². The number of fused-ring (bicyclic) bond motifs is 1. The number of anilines is 1. The van der Waals surface area contributed by atoms with Crippen LogP contribution in [0.5, 0.6) is 0 Å². The zero-order valence-electron chi connectivity index (χ0n) is 13.3. The number of carbonyl (C=O) groups excluding carboxylic acids is 1. The molecule has 1 aliphatic heterocycles. The van der Waals surface area contributed by atoms with E-state index in [-0.39, 0.29) is 11.1 Å². The number of pyridine rings is 1. The van der Waals surface area contributed by atoms with Crippen molar-refractivity contribution in [3.8, 4) is 0 Å². The zero-order valence-corrected chi connectivity index (χ0v) is 14.0. The van der Waals surface area contributed by atoms with Crippen molar-refractivity contribution >= 4 is 23.3 Å². The lowest BCUT2D eigenvalue weighted by molar-refractivity contribution is 0.0746. The lowest BCUT2D eigenvalue weighted by Gasteiger charge is -2.35. The molecule has 0 unspecified atom stereocenters. The van der Waals surface area contributed by atoms with Crippen molar-refractivity contribution in [2.45, 2.75) is 19.3 Å². The molecule has 0 bridgehead atoms. The first kappa shape index (κ1) is 15.3. The minimum absolute atomic E-state index is 0.0622. The van der Waals surface area contributed by atoms with Crippen LogP contribution >= 0.6 is 11.6 Å². The molecule has 3 heterocycles. The number of aryl methyl sites for hydroxylation is 2. The van der Waals surface area contributed by atoms with Gasteiger partial charge in [0.1, 0.15) is 5.15 Å². The molecule has 0 saturated carbocycles. The standard InChI is InChI=1S/C17H18ClN5O/c18-16-13(4-2-6-19-16)17(24)23-9-7-22(8-10-23)15-11-12-3-1-5-14(12)20-21-15/h2,4,6,11H,1,3,5,7-10H2. The van der Waals surface area contributed by atoms with Gasteiger partial charge in [-0.2, -0.15) is 5.10 Å². The predicted octanol–water partition coefficient (Wildman–Crippen LogP) is 1.98. The van der Waals surface area contributed by atoms with Gasteiger partial charge in [0, 0.05) is 32.4 Å². The summed E-state index contributed by atoms with van der Waals surface area (Å²) in [5.74, 6) is 0.856. The van der Waals surface area contributed by atoms with E-state index in [0.29, 0.717) is 18.7 Å². The minimum atomic E-state index is -0.0622. The van der Waals surface area contributed by atoms with Gasteiger partial charge in [0.2, 0.25) is 0 Å². The van der Waals surface area contributed by atoms with Gasteiger partial charge < -0.3 is 9.80 Å². The van der Waals surface area contributed by atoms with Gasteiger partial charge >= 0.3 is 0 Å². The maximum atomic E-state index is 12.6. The Labute approximate surface area is 145 Å². The molecule has 2 aromatic heterocycles. The predicted molar refractivity (Wildman–Crippen MR) is 91.4 cm³/mol. The smallest absolute Gasteiger partial charge is 0.257 e. The van der Waals surface area contributed by atoms with Crippen LogP contribution in [-0.2, 0) is 12.8 Å². The highest BCUT2D eigenvalue weighted by Gasteiger charge is 2.25. The minimum Gasteiger partial charge on any atom is -0.352 e. The van der Waals surface area contributed by atoms with Crippen molar-refractivity contribution < 1.29 is 4.79 Å². The summed E-state index contributed by atoms with van der Waals surface area (Å²) < 4.78 is 0. The van der Waals surface area contributed by atoms with E-state index in [1.807, 2.05) is 4.90 Å². The number of halogens is 1. The van der Waals surface area contributed by atoms with Crippen LogP contribution in [-0.4, -0.2) is 52.2 Å². The first-order valence-electron chi connectivity index (χ1n) is 8.22. The van der Waals surface area contributed by atoms with Gasteiger partial charge in [-0.1, -0.05) is 11.6 Å². The third-order valence-corrected chi connectivity index (χ3v) is 4.99. The van der Waals surface area contributed by atoms with Crippen molar-refractivity contribution in [3.05, 3.63) is 46.4 Å². The molecule has 0 N–H and O–H groups in total. The molecule has 0 radical (unpaired) electrons. The Morgan fingerprint density at radius 3 is 2.75 bits per heavy atom. The van der Waals surface area contributed by atoms with Crippen LogP contribution in [0.25, 0.3) is 0 Å². The molecule has 4 rings (SSSR count). The summed E-state index contributed by atoms with van der Waals surface area (Å²) in [5, 5.41) is 8.97. The average molecular weight is 344 g/mol. The molecule has 0 aromatic carbocycles. The van der Waals surface area contributed by atoms with Crippen LogP contribution in [0.4, 0.5) is 5.82 Å². The molecule has 1 amide bonds. The molecule has 24 heavy (non-hydrogen) atoms. The van der Waals surface area contributed by atoms with Crippen LogP contribution in [0.2, 0.25) is 5.15 Å². The van der Waals surface area contributed by atoms with Crippen LogP contribution in [0.1, 0.15) is 28.0 Å². The number of amides is 1. The Balaban J connectivity index is 1.43. The molecule has 0 atom stereocenters. The summed E-state index contributed by atoms with van der Waals surface area (Å²) in [6.07, 6.45) is 4.89. The number of hydrogen-bond donors (Lipinski definition) is 0. The summed E-state index contributed by atoms with van der Waals surface area (Å²) >= 11 is 6.03. The molecule has 2 aromatic rings. The maximum Gasteiger partial charge on any atom is 0.257 e. The first-order chi connectivity index (χ1) is 11.7. The fraction of sp³-hybridized carbons (Fsp3) is 0.412. The SMILES string of the molecule is O=C(c1cccnc1Cl)N1CCN(c2cc3c(nn2)CCC3)CC1. The van der Waals surface area contributed by atoms with Crippen LogP contribution in [0.3, 0.4) is 0 Å². The Kier molecular flexibility index (Phi) is 4.06. The molecule has 124 valence electrons.